The van der Waals surface area contributed by atoms with Crippen LogP contribution >= 0.6 is 0 Å². The molecule has 6 heavy (non-hydrogen) atoms. The molecule has 0 rings (SSSR count). The summed E-state index contributed by atoms with van der Waals surface area (Å²) in [5.41, 5.74) is 4.53. The number of hydrogen-bond donors (Lipinski definition) is 1. The van der Waals surface area contributed by atoms with Crippen LogP contribution in [-0.2, 0) is 4.79 Å². The molecule has 0 aliphatic carbocycles. The van der Waals surface area contributed by atoms with E-state index in [-0.39, 0.29) is 52.8 Å². The molecule has 0 saturated heterocycles. The van der Waals surface area contributed by atoms with Crippen LogP contribution in [0.4, 0.5) is 0 Å². The van der Waals surface area contributed by atoms with Crippen LogP contribution in [0.3, 0.4) is 0 Å². The van der Waals surface area contributed by atoms with Gasteiger partial charge in [-0.1, -0.05) is 6.58 Å². The van der Waals surface area contributed by atoms with Crippen molar-refractivity contribution in [2.45, 2.75) is 0 Å². The zero-order valence-electron chi connectivity index (χ0n) is 4.77. The Bertz CT molecular complexity index is 66.0. The standard InChI is InChI=1S/C3H5NO.K.H/c1-2-3(4)5;;/h2H,1H2,(H2,4,5);;/q;+1;-1. The SMILES string of the molecule is C=CC(N)=O.[H-].[K+]. The normalized spacial score (nSPS) is 5.33. The van der Waals surface area contributed by atoms with Gasteiger partial charge >= 0.3 is 51.4 Å². The molecular formula is C3H6KNO. The molecule has 0 aliphatic rings. The number of carbonyl (C=O) groups is 1. The molecule has 2 nitrogen and oxygen atoms in total. The summed E-state index contributed by atoms with van der Waals surface area (Å²) < 4.78 is 0. The first-order valence-corrected chi connectivity index (χ1v) is 1.19. The number of nitrogens with two attached hydrogens (primary N) is 1. The fourth-order valence-electron chi connectivity index (χ4n) is 0. The Morgan fingerprint density at radius 1 is 2.00 bits per heavy atom. The molecule has 0 aliphatic heterocycles. The fraction of sp³-hybridized carbons (Fsp3) is 0. The van der Waals surface area contributed by atoms with Crippen LogP contribution in [0.1, 0.15) is 1.43 Å². The summed E-state index contributed by atoms with van der Waals surface area (Å²) >= 11 is 0. The maximum Gasteiger partial charge on any atom is 1.00 e. The molecule has 0 atom stereocenters. The minimum absolute atomic E-state index is 0. The van der Waals surface area contributed by atoms with Crippen LogP contribution in [0.15, 0.2) is 12.7 Å². The smallest absolute Gasteiger partial charge is 1.00 e. The first kappa shape index (κ1) is 9.96. The van der Waals surface area contributed by atoms with E-state index in [1.54, 1.807) is 0 Å². The van der Waals surface area contributed by atoms with Gasteiger partial charge in [0.2, 0.25) is 5.91 Å². The number of primary amides is 1. The van der Waals surface area contributed by atoms with E-state index >= 15 is 0 Å². The maximum atomic E-state index is 9.47. The van der Waals surface area contributed by atoms with Gasteiger partial charge in [0.1, 0.15) is 0 Å². The van der Waals surface area contributed by atoms with E-state index in [1.807, 2.05) is 0 Å². The fourth-order valence-corrected chi connectivity index (χ4v) is 0. The molecule has 3 heteroatoms. The van der Waals surface area contributed by atoms with Crippen molar-refractivity contribution in [1.29, 1.82) is 0 Å². The van der Waals surface area contributed by atoms with Gasteiger partial charge in [-0.2, -0.15) is 0 Å². The molecule has 30 valence electrons. The van der Waals surface area contributed by atoms with Gasteiger partial charge in [0.05, 0.1) is 0 Å². The number of hydrogen-bond acceptors (Lipinski definition) is 1. The van der Waals surface area contributed by atoms with Crippen LogP contribution in [0.25, 0.3) is 0 Å². The first-order valence-electron chi connectivity index (χ1n) is 1.19. The molecule has 0 aromatic rings. The third-order valence-corrected chi connectivity index (χ3v) is 0.201. The summed E-state index contributed by atoms with van der Waals surface area (Å²) in [6.45, 7) is 3.09. The van der Waals surface area contributed by atoms with E-state index in [0.29, 0.717) is 0 Å². The van der Waals surface area contributed by atoms with Crippen molar-refractivity contribution in [3.63, 3.8) is 0 Å². The Labute approximate surface area is 80.7 Å². The van der Waals surface area contributed by atoms with E-state index < -0.39 is 5.91 Å². The summed E-state index contributed by atoms with van der Waals surface area (Å²) in [5.74, 6) is -0.481. The van der Waals surface area contributed by atoms with Gasteiger partial charge in [0.15, 0.2) is 0 Å². The minimum atomic E-state index is -0.481. The van der Waals surface area contributed by atoms with E-state index in [0.717, 1.165) is 6.08 Å². The van der Waals surface area contributed by atoms with Crippen LogP contribution in [0, 0.1) is 0 Å². The summed E-state index contributed by atoms with van der Waals surface area (Å²) in [6, 6.07) is 0. The van der Waals surface area contributed by atoms with Gasteiger partial charge in [-0.25, -0.2) is 0 Å². The van der Waals surface area contributed by atoms with Crippen molar-refractivity contribution >= 4 is 5.91 Å². The second-order valence-electron chi connectivity index (χ2n) is 0.606. The van der Waals surface area contributed by atoms with Gasteiger partial charge in [-0.3, -0.25) is 4.79 Å². The summed E-state index contributed by atoms with van der Waals surface area (Å²) in [7, 11) is 0. The minimum Gasteiger partial charge on any atom is -1.00 e. The molecule has 0 heterocycles. The van der Waals surface area contributed by atoms with E-state index in [4.69, 9.17) is 0 Å². The zero-order valence-corrected chi connectivity index (χ0v) is 6.89. The molecule has 0 bridgehead atoms. The topological polar surface area (TPSA) is 43.1 Å². The van der Waals surface area contributed by atoms with Gasteiger partial charge in [0.25, 0.3) is 0 Å². The largest absolute Gasteiger partial charge is 1.00 e. The van der Waals surface area contributed by atoms with Crippen LogP contribution in [0.5, 0.6) is 0 Å². The average Bonchev–Trinajstić information content (AvgIpc) is 1.38. The van der Waals surface area contributed by atoms with E-state index in [2.05, 4.69) is 12.3 Å². The Hall–Kier alpha value is 0.846. The average molecular weight is 111 g/mol. The molecule has 0 fully saturated rings. The molecule has 0 aromatic carbocycles. The summed E-state index contributed by atoms with van der Waals surface area (Å²) in [6.07, 6.45) is 1.06. The summed E-state index contributed by atoms with van der Waals surface area (Å²) in [4.78, 5) is 9.47. The van der Waals surface area contributed by atoms with Crippen LogP contribution in [-0.4, -0.2) is 5.91 Å². The predicted octanol–water partition coefficient (Wildman–Crippen LogP) is -3.23. The zero-order chi connectivity index (χ0) is 4.28. The molecule has 0 unspecified atom stereocenters. The third-order valence-electron chi connectivity index (χ3n) is 0.201. The van der Waals surface area contributed by atoms with Crippen molar-refractivity contribution in [2.24, 2.45) is 5.73 Å². The molecule has 0 spiro atoms. The van der Waals surface area contributed by atoms with Gasteiger partial charge in [-0.15, -0.1) is 0 Å². The van der Waals surface area contributed by atoms with Crippen molar-refractivity contribution < 1.29 is 57.6 Å². The Morgan fingerprint density at radius 2 is 2.17 bits per heavy atom. The number of amides is 1. The van der Waals surface area contributed by atoms with Crippen molar-refractivity contribution in [1.82, 2.24) is 0 Å². The second-order valence-corrected chi connectivity index (χ2v) is 0.606. The molecule has 2 N–H and O–H groups in total. The van der Waals surface area contributed by atoms with Crippen LogP contribution in [0.2, 0.25) is 0 Å². The first-order chi connectivity index (χ1) is 2.27. The van der Waals surface area contributed by atoms with E-state index in [1.165, 1.54) is 0 Å². The van der Waals surface area contributed by atoms with Gasteiger partial charge < -0.3 is 7.16 Å². The van der Waals surface area contributed by atoms with E-state index in [9.17, 15) is 4.79 Å². The Morgan fingerprint density at radius 3 is 2.17 bits per heavy atom. The maximum absolute atomic E-state index is 9.47. The number of rotatable bonds is 1. The van der Waals surface area contributed by atoms with Gasteiger partial charge in [0, 0.05) is 0 Å². The predicted molar refractivity (Wildman–Crippen MR) is 20.5 cm³/mol. The molecule has 0 saturated carbocycles. The van der Waals surface area contributed by atoms with Crippen molar-refractivity contribution in [2.75, 3.05) is 0 Å². The van der Waals surface area contributed by atoms with Crippen molar-refractivity contribution in [3.8, 4) is 0 Å². The Balaban J connectivity index is -0.0000000800. The number of carbonyl (C=O) groups excluding carboxylic acids is 1. The molecule has 0 aromatic heterocycles. The monoisotopic (exact) mass is 111 g/mol. The third kappa shape index (κ3) is 8.85. The molecular weight excluding hydrogens is 105 g/mol. The molecule has 1 amide bonds. The Kier molecular flexibility index (Phi) is 9.71. The van der Waals surface area contributed by atoms with Gasteiger partial charge in [-0.05, 0) is 6.08 Å². The van der Waals surface area contributed by atoms with Crippen molar-refractivity contribution in [3.05, 3.63) is 12.7 Å². The quantitative estimate of drug-likeness (QED) is 0.281. The summed E-state index contributed by atoms with van der Waals surface area (Å²) in [5, 5.41) is 0. The molecule has 0 radical (unpaired) electrons. The van der Waals surface area contributed by atoms with Crippen LogP contribution < -0.4 is 57.1 Å². The second kappa shape index (κ2) is 5.85.